The lowest BCUT2D eigenvalue weighted by Crippen LogP contribution is -2.47. The van der Waals surface area contributed by atoms with Gasteiger partial charge in [0.05, 0.1) is 12.1 Å². The van der Waals surface area contributed by atoms with E-state index in [0.717, 1.165) is 16.2 Å². The molecule has 7 heteroatoms. The minimum atomic E-state index is -1.11. The first-order valence-electron chi connectivity index (χ1n) is 6.76. The molecule has 2 heterocycles. The molecule has 3 N–H and O–H groups in total. The van der Waals surface area contributed by atoms with Gasteiger partial charge in [-0.3, -0.25) is 0 Å². The first-order chi connectivity index (χ1) is 10.1. The lowest BCUT2D eigenvalue weighted by Gasteiger charge is -2.23. The van der Waals surface area contributed by atoms with Crippen LogP contribution in [0, 0.1) is 0 Å². The predicted molar refractivity (Wildman–Crippen MR) is 72.0 cm³/mol. The van der Waals surface area contributed by atoms with Crippen molar-refractivity contribution in [3.8, 4) is 5.75 Å². The van der Waals surface area contributed by atoms with Crippen LogP contribution in [0.3, 0.4) is 0 Å². The van der Waals surface area contributed by atoms with Crippen LogP contribution in [-0.4, -0.2) is 52.4 Å². The number of benzene rings is 1. The number of carbonyl (C=O) groups is 2. The number of hydrogen-bond acceptors (Lipinski definition) is 4. The second-order valence-electron chi connectivity index (χ2n) is 5.25. The van der Waals surface area contributed by atoms with E-state index in [1.165, 1.54) is 0 Å². The lowest BCUT2D eigenvalue weighted by molar-refractivity contribution is -0.141. The molecule has 21 heavy (non-hydrogen) atoms. The van der Waals surface area contributed by atoms with Gasteiger partial charge in [-0.15, -0.1) is 0 Å². The van der Waals surface area contributed by atoms with Crippen LogP contribution in [0.15, 0.2) is 24.3 Å². The Kier molecular flexibility index (Phi) is 3.42. The fraction of sp³-hybridized carbons (Fsp3) is 0.429. The molecule has 1 aromatic carbocycles. The van der Waals surface area contributed by atoms with Gasteiger partial charge in [-0.05, 0) is 6.07 Å². The molecule has 0 radical (unpaired) electrons. The van der Waals surface area contributed by atoms with Crippen molar-refractivity contribution in [2.45, 2.75) is 24.6 Å². The Morgan fingerprint density at radius 3 is 2.86 bits per heavy atom. The molecule has 0 spiro atoms. The van der Waals surface area contributed by atoms with Crippen LogP contribution < -0.4 is 10.1 Å². The summed E-state index contributed by atoms with van der Waals surface area (Å²) in [5, 5.41) is 21.5. The van der Waals surface area contributed by atoms with Crippen molar-refractivity contribution in [2.24, 2.45) is 0 Å². The van der Waals surface area contributed by atoms with Crippen molar-refractivity contribution in [3.05, 3.63) is 29.8 Å². The third-order valence-electron chi connectivity index (χ3n) is 3.82. The number of aliphatic carboxylic acids is 1. The van der Waals surface area contributed by atoms with Crippen molar-refractivity contribution in [1.82, 2.24) is 10.2 Å². The number of carboxylic acid groups (broad SMARTS) is 1. The number of carboxylic acids is 1. The molecule has 3 unspecified atom stereocenters. The quantitative estimate of drug-likeness (QED) is 0.730. The fourth-order valence-corrected chi connectivity index (χ4v) is 2.79. The average molecular weight is 292 g/mol. The highest BCUT2D eigenvalue weighted by atomic mass is 16.5. The van der Waals surface area contributed by atoms with Crippen LogP contribution in [0.5, 0.6) is 5.75 Å². The summed E-state index contributed by atoms with van der Waals surface area (Å²) in [6.07, 6.45) is -0.746. The third kappa shape index (κ3) is 2.52. The largest absolute Gasteiger partial charge is 0.491 e. The van der Waals surface area contributed by atoms with E-state index in [0.29, 0.717) is 6.61 Å². The summed E-state index contributed by atoms with van der Waals surface area (Å²) >= 11 is 0. The number of aliphatic hydroxyl groups excluding tert-OH is 1. The normalized spacial score (nSPS) is 27.1. The van der Waals surface area contributed by atoms with Gasteiger partial charge in [0.2, 0.25) is 0 Å². The molecule has 3 atom stereocenters. The van der Waals surface area contributed by atoms with Crippen LogP contribution in [0.2, 0.25) is 0 Å². The minimum Gasteiger partial charge on any atom is -0.491 e. The fourth-order valence-electron chi connectivity index (χ4n) is 2.79. The molecule has 0 saturated carbocycles. The Hall–Kier alpha value is -2.28. The Morgan fingerprint density at radius 1 is 1.33 bits per heavy atom. The number of urea groups is 1. The zero-order chi connectivity index (χ0) is 15.0. The standard InChI is InChI=1S/C14H16N2O5/c17-8-5-11(13(18)19)16(6-8)14(20)15-10-7-21-12-4-2-1-3-9(10)12/h1-4,8,10-11,17H,5-7H2,(H,15,20)(H,18,19). The van der Waals surface area contributed by atoms with Gasteiger partial charge in [-0.2, -0.15) is 0 Å². The lowest BCUT2D eigenvalue weighted by atomic mass is 10.1. The highest BCUT2D eigenvalue weighted by Crippen LogP contribution is 2.32. The van der Waals surface area contributed by atoms with E-state index < -0.39 is 24.1 Å². The van der Waals surface area contributed by atoms with Crippen molar-refractivity contribution < 1.29 is 24.5 Å². The molecular weight excluding hydrogens is 276 g/mol. The molecule has 2 amide bonds. The summed E-state index contributed by atoms with van der Waals surface area (Å²) in [5.41, 5.74) is 0.873. The molecule has 1 aromatic rings. The van der Waals surface area contributed by atoms with Crippen LogP contribution in [0.25, 0.3) is 0 Å². The van der Waals surface area contributed by atoms with Crippen LogP contribution in [0.1, 0.15) is 18.0 Å². The second-order valence-corrected chi connectivity index (χ2v) is 5.25. The average Bonchev–Trinajstić information content (AvgIpc) is 3.03. The van der Waals surface area contributed by atoms with Gasteiger partial charge in [0.1, 0.15) is 18.4 Å². The van der Waals surface area contributed by atoms with Crippen LogP contribution in [0.4, 0.5) is 4.79 Å². The molecule has 7 nitrogen and oxygen atoms in total. The monoisotopic (exact) mass is 292 g/mol. The maximum absolute atomic E-state index is 12.3. The number of carbonyl (C=O) groups excluding carboxylic acids is 1. The van der Waals surface area contributed by atoms with Crippen molar-refractivity contribution in [3.63, 3.8) is 0 Å². The summed E-state index contributed by atoms with van der Waals surface area (Å²) in [5.74, 6) is -0.385. The number of amides is 2. The number of para-hydroxylation sites is 1. The molecular formula is C14H16N2O5. The Morgan fingerprint density at radius 2 is 2.10 bits per heavy atom. The number of fused-ring (bicyclic) bond motifs is 1. The van der Waals surface area contributed by atoms with Gasteiger partial charge < -0.3 is 25.2 Å². The van der Waals surface area contributed by atoms with Crippen molar-refractivity contribution in [1.29, 1.82) is 0 Å². The van der Waals surface area contributed by atoms with Gasteiger partial charge in [0.25, 0.3) is 0 Å². The highest BCUT2D eigenvalue weighted by molar-refractivity contribution is 5.83. The molecule has 0 aliphatic carbocycles. The number of β-amino-alcohol motifs (C(OH)–C–C–N with tert-alkyl or cyclic N) is 1. The smallest absolute Gasteiger partial charge is 0.326 e. The highest BCUT2D eigenvalue weighted by Gasteiger charge is 2.40. The maximum atomic E-state index is 12.3. The summed E-state index contributed by atoms with van der Waals surface area (Å²) in [6.45, 7) is 0.344. The number of hydrogen-bond donors (Lipinski definition) is 3. The number of likely N-dealkylation sites (tertiary alicyclic amines) is 1. The number of nitrogens with zero attached hydrogens (tertiary/aromatic N) is 1. The second kappa shape index (κ2) is 5.25. The molecule has 3 rings (SSSR count). The number of rotatable bonds is 2. The Bertz CT molecular complexity index is 576. The van der Waals surface area contributed by atoms with Gasteiger partial charge in [0.15, 0.2) is 0 Å². The SMILES string of the molecule is O=C(O)C1CC(O)CN1C(=O)NC1COc2ccccc21. The third-order valence-corrected chi connectivity index (χ3v) is 3.82. The first-order valence-corrected chi connectivity index (χ1v) is 6.76. The molecule has 1 saturated heterocycles. The molecule has 0 aromatic heterocycles. The maximum Gasteiger partial charge on any atom is 0.326 e. The number of ether oxygens (including phenoxy) is 1. The van der Waals surface area contributed by atoms with E-state index in [-0.39, 0.29) is 19.0 Å². The number of aliphatic hydroxyl groups is 1. The Labute approximate surface area is 121 Å². The molecule has 2 aliphatic rings. The Balaban J connectivity index is 1.71. The molecule has 1 fully saturated rings. The van der Waals surface area contributed by atoms with E-state index in [9.17, 15) is 14.7 Å². The predicted octanol–water partition coefficient (Wildman–Crippen LogP) is 0.349. The van der Waals surface area contributed by atoms with E-state index in [1.807, 2.05) is 24.3 Å². The molecule has 0 bridgehead atoms. The molecule has 2 aliphatic heterocycles. The summed E-state index contributed by atoms with van der Waals surface area (Å²) < 4.78 is 5.47. The van der Waals surface area contributed by atoms with Gasteiger partial charge in [-0.25, -0.2) is 9.59 Å². The van der Waals surface area contributed by atoms with E-state index in [1.54, 1.807) is 0 Å². The van der Waals surface area contributed by atoms with Crippen molar-refractivity contribution in [2.75, 3.05) is 13.2 Å². The summed E-state index contributed by atoms with van der Waals surface area (Å²) in [4.78, 5) is 24.6. The topological polar surface area (TPSA) is 99.1 Å². The summed E-state index contributed by atoms with van der Waals surface area (Å²) in [7, 11) is 0. The van der Waals surface area contributed by atoms with E-state index in [2.05, 4.69) is 5.32 Å². The zero-order valence-electron chi connectivity index (χ0n) is 11.2. The van der Waals surface area contributed by atoms with Crippen LogP contribution >= 0.6 is 0 Å². The van der Waals surface area contributed by atoms with Gasteiger partial charge >= 0.3 is 12.0 Å². The van der Waals surface area contributed by atoms with Crippen LogP contribution in [-0.2, 0) is 4.79 Å². The van der Waals surface area contributed by atoms with Crippen molar-refractivity contribution >= 4 is 12.0 Å². The van der Waals surface area contributed by atoms with E-state index >= 15 is 0 Å². The van der Waals surface area contributed by atoms with E-state index in [4.69, 9.17) is 9.84 Å². The van der Waals surface area contributed by atoms with Gasteiger partial charge in [-0.1, -0.05) is 18.2 Å². The number of nitrogens with one attached hydrogen (secondary N) is 1. The minimum absolute atomic E-state index is 0.0258. The molecule has 112 valence electrons. The zero-order valence-corrected chi connectivity index (χ0v) is 11.2. The summed E-state index contributed by atoms with van der Waals surface area (Å²) in [6, 6.07) is 5.59. The first kappa shape index (κ1) is 13.7. The van der Waals surface area contributed by atoms with Gasteiger partial charge in [0, 0.05) is 18.5 Å².